The zero-order chi connectivity index (χ0) is 9.14. The predicted molar refractivity (Wildman–Crippen MR) is 46.1 cm³/mol. The average molecular weight is 170 g/mol. The van der Waals surface area contributed by atoms with Crippen molar-refractivity contribution in [3.8, 4) is 0 Å². The highest BCUT2D eigenvalue weighted by molar-refractivity contribution is 5.34. The summed E-state index contributed by atoms with van der Waals surface area (Å²) in [4.78, 5) is 0. The fraction of sp³-hybridized carbons (Fsp3) is 0.400. The number of alkyl halides is 2. The van der Waals surface area contributed by atoms with E-state index in [4.69, 9.17) is 0 Å². The van der Waals surface area contributed by atoms with Gasteiger partial charge in [-0.15, -0.1) is 0 Å². The summed E-state index contributed by atoms with van der Waals surface area (Å²) in [6.45, 7) is 3.72. The van der Waals surface area contributed by atoms with Crippen molar-refractivity contribution in [3.05, 3.63) is 35.5 Å². The molecule has 1 aliphatic carbocycles. The Morgan fingerprint density at radius 2 is 2.08 bits per heavy atom. The van der Waals surface area contributed by atoms with Crippen LogP contribution >= 0.6 is 0 Å². The number of rotatable bonds is 1. The molecule has 0 aromatic heterocycles. The average Bonchev–Trinajstić information content (AvgIpc) is 2.13. The van der Waals surface area contributed by atoms with Crippen molar-refractivity contribution in [1.82, 2.24) is 0 Å². The summed E-state index contributed by atoms with van der Waals surface area (Å²) >= 11 is 0. The van der Waals surface area contributed by atoms with E-state index in [9.17, 15) is 8.78 Å². The molecular formula is C10H12F2. The summed E-state index contributed by atoms with van der Waals surface area (Å²) in [5, 5.41) is 0. The van der Waals surface area contributed by atoms with E-state index in [-0.39, 0.29) is 11.5 Å². The van der Waals surface area contributed by atoms with E-state index in [0.717, 1.165) is 5.57 Å². The molecule has 1 atom stereocenters. The van der Waals surface area contributed by atoms with Crippen LogP contribution in [-0.4, -0.2) is 6.43 Å². The molecule has 0 heterocycles. The van der Waals surface area contributed by atoms with Gasteiger partial charge in [-0.2, -0.15) is 0 Å². The Hall–Kier alpha value is -0.920. The van der Waals surface area contributed by atoms with Crippen molar-refractivity contribution >= 4 is 0 Å². The molecule has 12 heavy (non-hydrogen) atoms. The minimum absolute atomic E-state index is 0.0997. The maximum absolute atomic E-state index is 12.3. The molecule has 0 aromatic rings. The normalized spacial score (nSPS) is 23.6. The molecule has 0 aromatic carbocycles. The predicted octanol–water partition coefficient (Wildman–Crippen LogP) is 3.33. The minimum atomic E-state index is -2.36. The summed E-state index contributed by atoms with van der Waals surface area (Å²) in [7, 11) is 0. The third-order valence-corrected chi connectivity index (χ3v) is 1.76. The van der Waals surface area contributed by atoms with Gasteiger partial charge < -0.3 is 0 Å². The number of halogens is 2. The van der Waals surface area contributed by atoms with E-state index in [1.54, 1.807) is 6.08 Å². The summed E-state index contributed by atoms with van der Waals surface area (Å²) in [5.41, 5.74) is 1.01. The smallest absolute Gasteiger partial charge is 0.205 e. The van der Waals surface area contributed by atoms with Gasteiger partial charge in [0, 0.05) is 5.57 Å². The Labute approximate surface area is 71.3 Å². The number of hydrogen-bond acceptors (Lipinski definition) is 0. The van der Waals surface area contributed by atoms with Crippen LogP contribution in [0, 0.1) is 5.92 Å². The van der Waals surface area contributed by atoms with E-state index < -0.39 is 6.43 Å². The maximum atomic E-state index is 12.3. The van der Waals surface area contributed by atoms with Crippen LogP contribution in [0.3, 0.4) is 0 Å². The Balaban J connectivity index is 2.92. The topological polar surface area (TPSA) is 0 Å². The molecule has 0 spiro atoms. The molecule has 0 aliphatic heterocycles. The molecule has 66 valence electrons. The molecule has 1 aliphatic rings. The lowest BCUT2D eigenvalue weighted by molar-refractivity contribution is 0.193. The molecule has 0 bridgehead atoms. The van der Waals surface area contributed by atoms with Gasteiger partial charge in [-0.1, -0.05) is 36.8 Å². The van der Waals surface area contributed by atoms with Gasteiger partial charge in [0.25, 0.3) is 6.43 Å². The van der Waals surface area contributed by atoms with Gasteiger partial charge in [0.15, 0.2) is 0 Å². The van der Waals surface area contributed by atoms with E-state index in [1.165, 1.54) is 6.08 Å². The van der Waals surface area contributed by atoms with Gasteiger partial charge in [0.1, 0.15) is 0 Å². The zero-order valence-electron chi connectivity index (χ0n) is 7.22. The van der Waals surface area contributed by atoms with Crippen LogP contribution in [0.2, 0.25) is 0 Å². The summed E-state index contributed by atoms with van der Waals surface area (Å²) in [6.07, 6.45) is 4.56. The highest BCUT2D eigenvalue weighted by Crippen LogP contribution is 2.19. The lowest BCUT2D eigenvalue weighted by atomic mass is 10.1. The van der Waals surface area contributed by atoms with Gasteiger partial charge in [-0.05, 0) is 12.8 Å². The van der Waals surface area contributed by atoms with E-state index in [1.807, 2.05) is 26.0 Å². The Morgan fingerprint density at radius 1 is 1.42 bits per heavy atom. The van der Waals surface area contributed by atoms with Gasteiger partial charge in [-0.25, -0.2) is 8.78 Å². The van der Waals surface area contributed by atoms with Gasteiger partial charge in [0.05, 0.1) is 0 Å². The van der Waals surface area contributed by atoms with Gasteiger partial charge in [-0.3, -0.25) is 0 Å². The highest BCUT2D eigenvalue weighted by Gasteiger charge is 2.10. The van der Waals surface area contributed by atoms with Crippen LogP contribution < -0.4 is 0 Å². The van der Waals surface area contributed by atoms with E-state index >= 15 is 0 Å². The zero-order valence-corrected chi connectivity index (χ0v) is 7.22. The molecule has 0 nitrogen and oxygen atoms in total. The molecule has 0 fully saturated rings. The lowest BCUT2D eigenvalue weighted by Crippen LogP contribution is -1.95. The molecule has 0 unspecified atom stereocenters. The minimum Gasteiger partial charge on any atom is -0.205 e. The molecule has 1 rings (SSSR count). The number of hydrogen-bond donors (Lipinski definition) is 0. The fourth-order valence-corrected chi connectivity index (χ4v) is 1.16. The molecule has 0 amide bonds. The summed E-state index contributed by atoms with van der Waals surface area (Å²) < 4.78 is 24.6. The van der Waals surface area contributed by atoms with Crippen LogP contribution in [0.5, 0.6) is 0 Å². The molecule has 0 radical (unpaired) electrons. The van der Waals surface area contributed by atoms with E-state index in [2.05, 4.69) is 0 Å². The first-order valence-corrected chi connectivity index (χ1v) is 3.96. The van der Waals surface area contributed by atoms with Crippen molar-refractivity contribution in [2.24, 2.45) is 5.92 Å². The molecular weight excluding hydrogens is 158 g/mol. The quantitative estimate of drug-likeness (QED) is 0.566. The Morgan fingerprint density at radius 3 is 2.67 bits per heavy atom. The van der Waals surface area contributed by atoms with Gasteiger partial charge in [0.2, 0.25) is 0 Å². The third kappa shape index (κ3) is 2.29. The second-order valence-electron chi connectivity index (χ2n) is 3.07. The lowest BCUT2D eigenvalue weighted by Gasteiger charge is -2.01. The summed E-state index contributed by atoms with van der Waals surface area (Å²) in [5.74, 6) is 0.0997. The number of allylic oxidation sites excluding steroid dienone is 6. The van der Waals surface area contributed by atoms with Crippen LogP contribution in [0.1, 0.15) is 13.8 Å². The molecule has 0 N–H and O–H groups in total. The largest absolute Gasteiger partial charge is 0.263 e. The summed E-state index contributed by atoms with van der Waals surface area (Å²) in [6, 6.07) is 0. The van der Waals surface area contributed by atoms with Crippen LogP contribution in [0.15, 0.2) is 35.5 Å². The van der Waals surface area contributed by atoms with Crippen molar-refractivity contribution in [1.29, 1.82) is 0 Å². The Kier molecular flexibility index (Phi) is 2.79. The van der Waals surface area contributed by atoms with Crippen LogP contribution in [0.25, 0.3) is 0 Å². The second kappa shape index (κ2) is 3.65. The van der Waals surface area contributed by atoms with Crippen molar-refractivity contribution in [3.63, 3.8) is 0 Å². The molecule has 0 saturated heterocycles. The van der Waals surface area contributed by atoms with E-state index in [0.29, 0.717) is 0 Å². The maximum Gasteiger partial charge on any atom is 0.263 e. The second-order valence-corrected chi connectivity index (χ2v) is 3.07. The SMILES string of the molecule is CC1=CC(C(F)F)=C[C@@H](C)C=C1. The standard InChI is InChI=1S/C10H12F2/c1-7-3-4-8(2)6-9(5-7)10(11)12/h3-7,10H,1-2H3/t7-/m0/s1. The Bertz CT molecular complexity index is 247. The molecule has 0 saturated carbocycles. The first-order valence-electron chi connectivity index (χ1n) is 3.96. The first kappa shape index (κ1) is 9.17. The monoisotopic (exact) mass is 170 g/mol. The van der Waals surface area contributed by atoms with Crippen molar-refractivity contribution in [2.45, 2.75) is 20.3 Å². The highest BCUT2D eigenvalue weighted by atomic mass is 19.3. The fourth-order valence-electron chi connectivity index (χ4n) is 1.16. The van der Waals surface area contributed by atoms with Crippen molar-refractivity contribution in [2.75, 3.05) is 0 Å². The van der Waals surface area contributed by atoms with Crippen molar-refractivity contribution < 1.29 is 8.78 Å². The van der Waals surface area contributed by atoms with Crippen LogP contribution in [-0.2, 0) is 0 Å². The molecule has 2 heteroatoms. The first-order chi connectivity index (χ1) is 5.59. The van der Waals surface area contributed by atoms with Crippen LogP contribution in [0.4, 0.5) is 8.78 Å². The van der Waals surface area contributed by atoms with Gasteiger partial charge >= 0.3 is 0 Å². The third-order valence-electron chi connectivity index (χ3n) is 1.76.